The first-order chi connectivity index (χ1) is 30.0. The normalized spacial score (nSPS) is 13.2. The van der Waals surface area contributed by atoms with Crippen LogP contribution in [0, 0.1) is 0 Å². The lowest BCUT2D eigenvalue weighted by atomic mass is 9.94. The number of carbonyl (C=O) groups excluding carboxylic acids is 2. The molecule has 0 bridgehead atoms. The van der Waals surface area contributed by atoms with Gasteiger partial charge in [0.05, 0.1) is 20.8 Å². The van der Waals surface area contributed by atoms with Crippen molar-refractivity contribution in [1.29, 1.82) is 0 Å². The summed E-state index contributed by atoms with van der Waals surface area (Å²) in [4.78, 5) is 38.5. The van der Waals surface area contributed by atoms with E-state index >= 15 is 0 Å². The summed E-state index contributed by atoms with van der Waals surface area (Å²) >= 11 is 1.35. The molecule has 13 nitrogen and oxygen atoms in total. The lowest BCUT2D eigenvalue weighted by molar-refractivity contribution is -0.0435. The van der Waals surface area contributed by atoms with E-state index in [0.717, 1.165) is 39.0 Å². The third-order valence-electron chi connectivity index (χ3n) is 10.5. The van der Waals surface area contributed by atoms with E-state index in [0.29, 0.717) is 73.3 Å². The molecule has 2 aromatic heterocycles. The predicted molar refractivity (Wildman–Crippen MR) is 237 cm³/mol. The van der Waals surface area contributed by atoms with E-state index in [9.17, 15) is 39.6 Å². The molecule has 0 aliphatic carbocycles. The summed E-state index contributed by atoms with van der Waals surface area (Å²) in [7, 11) is -7.40. The number of aryl methyl sites for hydroxylation is 2. The third kappa shape index (κ3) is 10.5. The van der Waals surface area contributed by atoms with Gasteiger partial charge in [-0.1, -0.05) is 72.0 Å². The van der Waals surface area contributed by atoms with Crippen LogP contribution in [-0.2, 0) is 45.7 Å². The number of alkyl halides is 3. The van der Waals surface area contributed by atoms with Crippen LogP contribution in [0.15, 0.2) is 113 Å². The van der Waals surface area contributed by atoms with E-state index < -0.39 is 46.8 Å². The van der Waals surface area contributed by atoms with Crippen LogP contribution in [0.25, 0.3) is 10.2 Å². The Morgan fingerprint density at radius 1 is 0.841 bits per heavy atom. The highest BCUT2D eigenvalue weighted by molar-refractivity contribution is 7.92. The fourth-order valence-electron chi connectivity index (χ4n) is 7.27. The fourth-order valence-corrected chi connectivity index (χ4v) is 10.1. The van der Waals surface area contributed by atoms with Crippen molar-refractivity contribution in [3.8, 4) is 0 Å². The fraction of sp³-hybridized carbons (Fsp3) is 0.273. The molecule has 0 unspecified atom stereocenters. The second kappa shape index (κ2) is 18.8. The van der Waals surface area contributed by atoms with Gasteiger partial charge in [-0.15, -0.1) is 0 Å². The number of para-hydroxylation sites is 1. The highest BCUT2D eigenvalue weighted by atomic mass is 32.2. The van der Waals surface area contributed by atoms with Crippen molar-refractivity contribution in [1.82, 2.24) is 19.6 Å². The average Bonchev–Trinajstić information content (AvgIpc) is 3.67. The number of halogens is 3. The molecule has 330 valence electrons. The first-order valence-corrected chi connectivity index (χ1v) is 23.8. The van der Waals surface area contributed by atoms with Crippen LogP contribution in [-0.4, -0.2) is 82.8 Å². The van der Waals surface area contributed by atoms with E-state index in [-0.39, 0.29) is 24.7 Å². The number of hydrogen-bond donors (Lipinski definition) is 3. The smallest absolute Gasteiger partial charge is 0.384 e. The van der Waals surface area contributed by atoms with Crippen molar-refractivity contribution in [3.63, 3.8) is 0 Å². The minimum atomic E-state index is -6.03. The van der Waals surface area contributed by atoms with Gasteiger partial charge in [-0.3, -0.25) is 14.9 Å². The van der Waals surface area contributed by atoms with Crippen LogP contribution < -0.4 is 20.3 Å². The minimum absolute atomic E-state index is 0.0950. The number of rotatable bonds is 16. The molecule has 0 radical (unpaired) electrons. The van der Waals surface area contributed by atoms with Gasteiger partial charge in [0.25, 0.3) is 31.7 Å². The van der Waals surface area contributed by atoms with E-state index in [4.69, 9.17) is 0 Å². The maximum Gasteiger partial charge on any atom is 0.501 e. The van der Waals surface area contributed by atoms with Crippen LogP contribution >= 0.6 is 11.3 Å². The van der Waals surface area contributed by atoms with Gasteiger partial charge < -0.3 is 15.1 Å². The molecule has 63 heavy (non-hydrogen) atoms. The number of sulfone groups is 1. The second-order valence-corrected chi connectivity index (χ2v) is 19.8. The third-order valence-corrected chi connectivity index (χ3v) is 14.3. The standard InChI is InChI=1S/C44H44F3N7O6S3/c1-53(2)25-10-24-48-36-21-20-32(27-38(36)62(57,58)44(45,46)47)63(59,60)52-42(56)40-31(15-8-13-29-11-4-3-5-12-29)19-22-39(50-40)54-26-23-30-14-9-16-33(34(30)28-54)41(55)51-43-49-35-17-6-7-18-37(35)61-43/h3-7,9,11-12,14,16-22,27,48H,8,10,13,15,23-26,28H2,1-2H3,(H,52,56)(H,49,51,55). The zero-order chi connectivity index (χ0) is 44.9. The summed E-state index contributed by atoms with van der Waals surface area (Å²) in [6.45, 7) is 1.31. The highest BCUT2D eigenvalue weighted by Gasteiger charge is 2.48. The van der Waals surface area contributed by atoms with Crippen LogP contribution in [0.3, 0.4) is 0 Å². The number of pyridine rings is 1. The minimum Gasteiger partial charge on any atom is -0.384 e. The molecular formula is C44H44F3N7O6S3. The second-order valence-electron chi connectivity index (χ2n) is 15.2. The van der Waals surface area contributed by atoms with Crippen LogP contribution in [0.1, 0.15) is 55.9 Å². The first kappa shape index (κ1) is 45.1. The van der Waals surface area contributed by atoms with Gasteiger partial charge >= 0.3 is 5.51 Å². The summed E-state index contributed by atoms with van der Waals surface area (Å²) in [5.41, 5.74) is -2.08. The van der Waals surface area contributed by atoms with Crippen LogP contribution in [0.4, 0.5) is 29.8 Å². The van der Waals surface area contributed by atoms with Gasteiger partial charge in [0.2, 0.25) is 0 Å². The molecule has 0 fully saturated rings. The molecule has 2 amide bonds. The zero-order valence-electron chi connectivity index (χ0n) is 34.3. The van der Waals surface area contributed by atoms with Crippen molar-refractivity contribution < 1.29 is 39.6 Å². The topological polar surface area (TPSA) is 171 Å². The van der Waals surface area contributed by atoms with Gasteiger partial charge in [-0.25, -0.2) is 31.5 Å². The molecule has 1 aliphatic rings. The van der Waals surface area contributed by atoms with Gasteiger partial charge in [0, 0.05) is 25.2 Å². The maximum atomic E-state index is 14.1. The Balaban J connectivity index is 1.17. The Morgan fingerprint density at radius 2 is 1.60 bits per heavy atom. The summed E-state index contributed by atoms with van der Waals surface area (Å²) in [6.07, 6.45) is 2.48. The molecule has 0 spiro atoms. The monoisotopic (exact) mass is 919 g/mol. The number of hydrogen-bond acceptors (Lipinski definition) is 12. The predicted octanol–water partition coefficient (Wildman–Crippen LogP) is 7.46. The zero-order valence-corrected chi connectivity index (χ0v) is 36.7. The molecule has 6 aromatic rings. The number of sulfonamides is 1. The number of carbonyl (C=O) groups is 2. The Labute approximate surface area is 367 Å². The number of benzene rings is 4. The summed E-state index contributed by atoms with van der Waals surface area (Å²) in [6, 6.07) is 28.3. The van der Waals surface area contributed by atoms with E-state index in [1.54, 1.807) is 32.3 Å². The van der Waals surface area contributed by atoms with Crippen molar-refractivity contribution in [2.24, 2.45) is 0 Å². The summed E-state index contributed by atoms with van der Waals surface area (Å²) in [5.74, 6) is -1.19. The lowest BCUT2D eigenvalue weighted by Gasteiger charge is -2.31. The number of nitrogens with one attached hydrogen (secondary N) is 3. The molecule has 1 aliphatic heterocycles. The Bertz CT molecular complexity index is 2840. The lowest BCUT2D eigenvalue weighted by Crippen LogP contribution is -2.35. The van der Waals surface area contributed by atoms with E-state index in [1.165, 1.54) is 11.3 Å². The molecular weight excluding hydrogens is 876 g/mol. The average molecular weight is 920 g/mol. The van der Waals surface area contributed by atoms with Crippen molar-refractivity contribution >= 4 is 69.9 Å². The van der Waals surface area contributed by atoms with Gasteiger partial charge in [-0.05, 0) is 117 Å². The first-order valence-electron chi connectivity index (χ1n) is 20.0. The molecule has 3 N–H and O–H groups in total. The number of amides is 2. The number of fused-ring (bicyclic) bond motifs is 2. The van der Waals surface area contributed by atoms with E-state index in [2.05, 4.69) is 20.6 Å². The number of aromatic nitrogens is 2. The molecule has 0 saturated carbocycles. The van der Waals surface area contributed by atoms with Gasteiger partial charge in [0.15, 0.2) is 5.13 Å². The Morgan fingerprint density at radius 3 is 2.35 bits per heavy atom. The van der Waals surface area contributed by atoms with Crippen molar-refractivity contribution in [2.75, 3.05) is 49.3 Å². The van der Waals surface area contributed by atoms with Gasteiger partial charge in [-0.2, -0.15) is 13.2 Å². The summed E-state index contributed by atoms with van der Waals surface area (Å²) in [5, 5.41) is 6.04. The van der Waals surface area contributed by atoms with Crippen molar-refractivity contribution in [3.05, 3.63) is 137 Å². The van der Waals surface area contributed by atoms with Crippen molar-refractivity contribution in [2.45, 2.75) is 53.9 Å². The van der Waals surface area contributed by atoms with Crippen LogP contribution in [0.2, 0.25) is 0 Å². The maximum absolute atomic E-state index is 14.1. The molecule has 4 aromatic carbocycles. The molecule has 19 heteroatoms. The number of nitrogens with zero attached hydrogens (tertiary/aromatic N) is 4. The Kier molecular flexibility index (Phi) is 13.5. The molecule has 7 rings (SSSR count). The number of thiazole rings is 1. The summed E-state index contributed by atoms with van der Waals surface area (Å²) < 4.78 is 97.6. The highest BCUT2D eigenvalue weighted by Crippen LogP contribution is 2.36. The Hall–Kier alpha value is -5.89. The largest absolute Gasteiger partial charge is 0.501 e. The molecule has 0 saturated heterocycles. The quantitative estimate of drug-likeness (QED) is 0.0824. The van der Waals surface area contributed by atoms with Gasteiger partial charge in [0.1, 0.15) is 16.4 Å². The van der Waals surface area contributed by atoms with Crippen LogP contribution in [0.5, 0.6) is 0 Å². The number of anilines is 3. The van der Waals surface area contributed by atoms with E-state index in [1.807, 2.05) is 81.3 Å². The SMILES string of the molecule is CN(C)CCCNc1ccc(S(=O)(=O)NC(=O)c2nc(N3CCc4cccc(C(=O)Nc5nc6ccccc6s5)c4C3)ccc2CCCc2ccccc2)cc1S(=O)(=O)C(F)(F)F. The molecule has 0 atom stereocenters. The molecule has 3 heterocycles.